The van der Waals surface area contributed by atoms with Crippen LogP contribution in [0.3, 0.4) is 0 Å². The van der Waals surface area contributed by atoms with Gasteiger partial charge in [0.2, 0.25) is 5.90 Å². The second-order valence-electron chi connectivity index (χ2n) is 5.33. The van der Waals surface area contributed by atoms with Crippen LogP contribution in [0.1, 0.15) is 45.6 Å². The van der Waals surface area contributed by atoms with Gasteiger partial charge in [-0.1, -0.05) is 59.1 Å². The molecule has 1 unspecified atom stereocenters. The molecule has 0 spiro atoms. The van der Waals surface area contributed by atoms with E-state index in [0.29, 0.717) is 17.7 Å². The lowest BCUT2D eigenvalue weighted by molar-refractivity contribution is 0.399. The SMILES string of the molecule is C=CN=C(OC)C(=C)C(C)C.CCC(C)c1ccccc1F. The smallest absolute Gasteiger partial charge is 0.215 e. The van der Waals surface area contributed by atoms with Gasteiger partial charge in [-0.05, 0) is 29.9 Å². The topological polar surface area (TPSA) is 21.6 Å². The van der Waals surface area contributed by atoms with Gasteiger partial charge in [-0.15, -0.1) is 0 Å². The van der Waals surface area contributed by atoms with Crippen molar-refractivity contribution in [3.05, 3.63) is 60.6 Å². The maximum absolute atomic E-state index is 13.0. The normalized spacial score (nSPS) is 12.2. The van der Waals surface area contributed by atoms with Crippen LogP contribution >= 0.6 is 0 Å². The highest BCUT2D eigenvalue weighted by Crippen LogP contribution is 2.20. The second kappa shape index (κ2) is 10.8. The predicted molar refractivity (Wildman–Crippen MR) is 93.7 cm³/mol. The van der Waals surface area contributed by atoms with Gasteiger partial charge in [-0.2, -0.15) is 0 Å². The second-order valence-corrected chi connectivity index (χ2v) is 5.33. The van der Waals surface area contributed by atoms with E-state index in [1.54, 1.807) is 13.2 Å². The Morgan fingerprint density at radius 2 is 1.91 bits per heavy atom. The first kappa shape index (κ1) is 20.1. The van der Waals surface area contributed by atoms with E-state index in [1.807, 2.05) is 32.9 Å². The third-order valence-corrected chi connectivity index (χ3v) is 3.42. The quantitative estimate of drug-likeness (QED) is 0.503. The van der Waals surface area contributed by atoms with Crippen LogP contribution in [0.5, 0.6) is 0 Å². The molecule has 0 heterocycles. The first-order valence-corrected chi connectivity index (χ1v) is 7.55. The number of methoxy groups -OCH3 is 1. The molecule has 3 heteroatoms. The Morgan fingerprint density at radius 1 is 1.32 bits per heavy atom. The van der Waals surface area contributed by atoms with Gasteiger partial charge in [-0.3, -0.25) is 0 Å². The molecule has 0 fully saturated rings. The van der Waals surface area contributed by atoms with Crippen molar-refractivity contribution in [1.29, 1.82) is 0 Å². The summed E-state index contributed by atoms with van der Waals surface area (Å²) in [5.74, 6) is 1.17. The van der Waals surface area contributed by atoms with Crippen LogP contribution in [0.2, 0.25) is 0 Å². The minimum Gasteiger partial charge on any atom is -0.481 e. The highest BCUT2D eigenvalue weighted by molar-refractivity contribution is 5.93. The third kappa shape index (κ3) is 6.70. The minimum absolute atomic E-state index is 0.0816. The summed E-state index contributed by atoms with van der Waals surface area (Å²) in [5, 5.41) is 0. The fraction of sp³-hybridized carbons (Fsp3) is 0.421. The van der Waals surface area contributed by atoms with E-state index < -0.39 is 0 Å². The molecule has 0 N–H and O–H groups in total. The molecule has 0 bridgehead atoms. The van der Waals surface area contributed by atoms with Crippen LogP contribution in [0, 0.1) is 11.7 Å². The van der Waals surface area contributed by atoms with E-state index in [0.717, 1.165) is 17.6 Å². The summed E-state index contributed by atoms with van der Waals surface area (Å²) in [5.41, 5.74) is 1.72. The highest BCUT2D eigenvalue weighted by Gasteiger charge is 2.07. The molecular formula is C19H28FNO. The monoisotopic (exact) mass is 305 g/mol. The molecule has 0 saturated carbocycles. The number of halogens is 1. The molecule has 22 heavy (non-hydrogen) atoms. The summed E-state index contributed by atoms with van der Waals surface area (Å²) >= 11 is 0. The van der Waals surface area contributed by atoms with Crippen molar-refractivity contribution in [3.63, 3.8) is 0 Å². The highest BCUT2D eigenvalue weighted by atomic mass is 19.1. The number of ether oxygens (including phenoxy) is 1. The van der Waals surface area contributed by atoms with Crippen LogP contribution in [-0.4, -0.2) is 13.0 Å². The fourth-order valence-electron chi connectivity index (χ4n) is 1.69. The van der Waals surface area contributed by atoms with Gasteiger partial charge < -0.3 is 4.74 Å². The van der Waals surface area contributed by atoms with E-state index in [2.05, 4.69) is 25.1 Å². The van der Waals surface area contributed by atoms with Crippen LogP contribution in [0.25, 0.3) is 0 Å². The van der Waals surface area contributed by atoms with Crippen molar-refractivity contribution in [2.45, 2.75) is 40.0 Å². The summed E-state index contributed by atoms with van der Waals surface area (Å²) in [6.45, 7) is 15.5. The van der Waals surface area contributed by atoms with Gasteiger partial charge in [0, 0.05) is 11.8 Å². The number of benzene rings is 1. The standard InChI is InChI=1S/C10H13F.C9H15NO/c1-3-8(2)9-6-4-5-7-10(9)11;1-6-10-9(11-5)8(4)7(2)3/h4-8H,3H2,1-2H3;6-7H,1,4H2,2-3,5H3. The molecule has 0 radical (unpaired) electrons. The molecule has 122 valence electrons. The molecule has 0 aliphatic rings. The minimum atomic E-state index is -0.0816. The van der Waals surface area contributed by atoms with Gasteiger partial charge in [0.05, 0.1) is 7.11 Å². The average Bonchev–Trinajstić information content (AvgIpc) is 2.52. The summed E-state index contributed by atoms with van der Waals surface area (Å²) < 4.78 is 18.0. The Hall–Kier alpha value is -1.90. The van der Waals surface area contributed by atoms with E-state index >= 15 is 0 Å². The first-order chi connectivity index (χ1) is 10.4. The van der Waals surface area contributed by atoms with Gasteiger partial charge in [0.25, 0.3) is 0 Å². The molecule has 1 rings (SSSR count). The molecule has 0 aliphatic heterocycles. The van der Waals surface area contributed by atoms with Crippen molar-refractivity contribution >= 4 is 5.90 Å². The lowest BCUT2D eigenvalue weighted by Gasteiger charge is -2.09. The molecule has 0 aliphatic carbocycles. The number of hydrogen-bond acceptors (Lipinski definition) is 2. The van der Waals surface area contributed by atoms with Crippen molar-refractivity contribution in [1.82, 2.24) is 0 Å². The maximum atomic E-state index is 13.0. The fourth-order valence-corrected chi connectivity index (χ4v) is 1.69. The molecule has 1 aromatic rings. The zero-order valence-electron chi connectivity index (χ0n) is 14.4. The molecule has 1 aromatic carbocycles. The summed E-state index contributed by atoms with van der Waals surface area (Å²) in [6, 6.07) is 6.97. The molecule has 0 aromatic heterocycles. The van der Waals surface area contributed by atoms with Gasteiger partial charge in [0.15, 0.2) is 0 Å². The van der Waals surface area contributed by atoms with Gasteiger partial charge in [-0.25, -0.2) is 9.38 Å². The van der Waals surface area contributed by atoms with Crippen LogP contribution in [-0.2, 0) is 4.74 Å². The Labute approximate surface area is 134 Å². The number of rotatable bonds is 5. The lowest BCUT2D eigenvalue weighted by Crippen LogP contribution is -2.08. The largest absolute Gasteiger partial charge is 0.481 e. The Bertz CT molecular complexity index is 506. The molecule has 0 saturated heterocycles. The van der Waals surface area contributed by atoms with E-state index in [1.165, 1.54) is 12.3 Å². The van der Waals surface area contributed by atoms with Crippen molar-refractivity contribution in [2.24, 2.45) is 10.9 Å². The number of aliphatic imine (C=N–C) groups is 1. The Balaban J connectivity index is 0.000000401. The molecule has 2 nitrogen and oxygen atoms in total. The Morgan fingerprint density at radius 3 is 2.32 bits per heavy atom. The lowest BCUT2D eigenvalue weighted by atomic mass is 9.98. The van der Waals surface area contributed by atoms with Crippen molar-refractivity contribution in [3.8, 4) is 0 Å². The summed E-state index contributed by atoms with van der Waals surface area (Å²) in [7, 11) is 1.58. The molecule has 1 atom stereocenters. The van der Waals surface area contributed by atoms with E-state index in [9.17, 15) is 4.39 Å². The predicted octanol–water partition coefficient (Wildman–Crippen LogP) is 5.73. The van der Waals surface area contributed by atoms with Crippen molar-refractivity contribution < 1.29 is 9.13 Å². The average molecular weight is 305 g/mol. The summed E-state index contributed by atoms with van der Waals surface area (Å²) in [6.07, 6.45) is 2.44. The maximum Gasteiger partial charge on any atom is 0.215 e. The van der Waals surface area contributed by atoms with E-state index in [4.69, 9.17) is 4.74 Å². The number of nitrogens with zero attached hydrogens (tertiary/aromatic N) is 1. The summed E-state index contributed by atoms with van der Waals surface area (Å²) in [4.78, 5) is 3.92. The van der Waals surface area contributed by atoms with Crippen LogP contribution < -0.4 is 0 Å². The van der Waals surface area contributed by atoms with Gasteiger partial charge in [0.1, 0.15) is 5.82 Å². The third-order valence-electron chi connectivity index (χ3n) is 3.42. The molecule has 0 amide bonds. The number of hydrogen-bond donors (Lipinski definition) is 0. The van der Waals surface area contributed by atoms with E-state index in [-0.39, 0.29) is 5.82 Å². The van der Waals surface area contributed by atoms with Gasteiger partial charge >= 0.3 is 0 Å². The zero-order valence-corrected chi connectivity index (χ0v) is 14.4. The van der Waals surface area contributed by atoms with Crippen molar-refractivity contribution in [2.75, 3.05) is 7.11 Å². The first-order valence-electron chi connectivity index (χ1n) is 7.55. The Kier molecular flexibility index (Phi) is 9.84. The zero-order chi connectivity index (χ0) is 17.1. The molecular weight excluding hydrogens is 277 g/mol. The van der Waals surface area contributed by atoms with Crippen LogP contribution in [0.4, 0.5) is 4.39 Å². The van der Waals surface area contributed by atoms with Crippen LogP contribution in [0.15, 0.2) is 54.2 Å².